The number of aryl methyl sites for hydroxylation is 2. The zero-order chi connectivity index (χ0) is 30.3. The third-order valence-electron chi connectivity index (χ3n) is 8.19. The molecule has 3 N–H and O–H groups in total. The van der Waals surface area contributed by atoms with E-state index >= 15 is 0 Å². The van der Waals surface area contributed by atoms with Crippen molar-refractivity contribution in [1.82, 2.24) is 15.5 Å². The van der Waals surface area contributed by atoms with Gasteiger partial charge in [0.25, 0.3) is 5.91 Å². The van der Waals surface area contributed by atoms with E-state index in [9.17, 15) is 18.7 Å². The minimum Gasteiger partial charge on any atom is -0.390 e. The Morgan fingerprint density at radius 3 is 2.37 bits per heavy atom. The van der Waals surface area contributed by atoms with Crippen LogP contribution in [0, 0.1) is 18.6 Å². The Hall–Kier alpha value is -2.84. The van der Waals surface area contributed by atoms with Crippen molar-refractivity contribution in [3.05, 3.63) is 106 Å². The molecule has 234 valence electrons. The SMILES string of the molecule is CCCCN(C)Cc1cc(C)cc(C(=O)N[C@@H](Cc2cc(F)cc(F)c2)[C@H](O)CNC2(c3cccc(CC)c3)CC2)c1.Cl. The number of aliphatic hydroxyl groups is 1. The van der Waals surface area contributed by atoms with Gasteiger partial charge >= 0.3 is 0 Å². The molecule has 0 radical (unpaired) electrons. The number of amides is 1. The first kappa shape index (κ1) is 34.6. The van der Waals surface area contributed by atoms with Gasteiger partial charge in [-0.15, -0.1) is 12.4 Å². The third-order valence-corrected chi connectivity index (χ3v) is 8.19. The number of halogens is 3. The number of rotatable bonds is 15. The maximum Gasteiger partial charge on any atom is 0.251 e. The van der Waals surface area contributed by atoms with Crippen molar-refractivity contribution in [2.24, 2.45) is 0 Å². The predicted octanol–water partition coefficient (Wildman–Crippen LogP) is 6.47. The van der Waals surface area contributed by atoms with Gasteiger partial charge in [-0.1, -0.05) is 56.2 Å². The van der Waals surface area contributed by atoms with Crippen LogP contribution in [0.5, 0.6) is 0 Å². The first-order valence-corrected chi connectivity index (χ1v) is 15.2. The summed E-state index contributed by atoms with van der Waals surface area (Å²) in [6, 6.07) is 16.8. The molecule has 4 rings (SSSR count). The number of benzene rings is 3. The van der Waals surface area contributed by atoms with E-state index in [4.69, 9.17) is 0 Å². The highest BCUT2D eigenvalue weighted by molar-refractivity contribution is 5.94. The Morgan fingerprint density at radius 2 is 1.72 bits per heavy atom. The molecule has 1 aliphatic carbocycles. The summed E-state index contributed by atoms with van der Waals surface area (Å²) in [4.78, 5) is 15.8. The molecule has 5 nitrogen and oxygen atoms in total. The molecule has 1 saturated carbocycles. The standard InChI is InChI=1S/C35H45F2N3O2.ClH/c1-5-7-13-40(4)23-27-14-24(3)15-28(16-27)34(42)39-32(20-26-18-30(36)21-31(37)19-26)33(41)22-38-35(11-12-35)29-10-8-9-25(6-2)17-29;/h8-10,14-19,21,32-33,38,41H,5-7,11-13,20,22-23H2,1-4H3,(H,39,42);1H/t32-,33+;/m0./s1. The summed E-state index contributed by atoms with van der Waals surface area (Å²) in [7, 11) is 2.07. The largest absolute Gasteiger partial charge is 0.390 e. The second-order valence-corrected chi connectivity index (χ2v) is 11.9. The topological polar surface area (TPSA) is 64.6 Å². The van der Waals surface area contributed by atoms with Gasteiger partial charge < -0.3 is 20.6 Å². The van der Waals surface area contributed by atoms with Gasteiger partial charge in [0.15, 0.2) is 0 Å². The van der Waals surface area contributed by atoms with E-state index < -0.39 is 23.8 Å². The van der Waals surface area contributed by atoms with Crippen molar-refractivity contribution in [1.29, 1.82) is 0 Å². The van der Waals surface area contributed by atoms with Gasteiger partial charge in [0, 0.05) is 30.3 Å². The molecule has 1 aliphatic rings. The van der Waals surface area contributed by atoms with Crippen molar-refractivity contribution < 1.29 is 18.7 Å². The lowest BCUT2D eigenvalue weighted by atomic mass is 9.97. The van der Waals surface area contributed by atoms with Gasteiger partial charge in [0.2, 0.25) is 0 Å². The van der Waals surface area contributed by atoms with E-state index in [0.29, 0.717) is 11.1 Å². The summed E-state index contributed by atoms with van der Waals surface area (Å²) in [6.45, 7) is 8.17. The van der Waals surface area contributed by atoms with Gasteiger partial charge in [-0.2, -0.15) is 0 Å². The molecule has 2 atom stereocenters. The molecular formula is C35H46ClF2N3O2. The molecule has 43 heavy (non-hydrogen) atoms. The van der Waals surface area contributed by atoms with E-state index in [-0.39, 0.29) is 36.8 Å². The van der Waals surface area contributed by atoms with Gasteiger partial charge in [0.05, 0.1) is 12.1 Å². The molecule has 0 aliphatic heterocycles. The molecular weight excluding hydrogens is 568 g/mol. The van der Waals surface area contributed by atoms with Crippen LogP contribution in [-0.4, -0.2) is 48.2 Å². The number of unbranched alkanes of at least 4 members (excludes halogenated alkanes) is 1. The quantitative estimate of drug-likeness (QED) is 0.184. The van der Waals surface area contributed by atoms with Crippen molar-refractivity contribution in [2.45, 2.75) is 83.5 Å². The van der Waals surface area contributed by atoms with Gasteiger partial charge in [-0.05, 0) is 99.1 Å². The number of carbonyl (C=O) groups excluding carboxylic acids is 1. The van der Waals surface area contributed by atoms with Crippen molar-refractivity contribution in [3.63, 3.8) is 0 Å². The lowest BCUT2D eigenvalue weighted by molar-refractivity contribution is 0.0821. The van der Waals surface area contributed by atoms with Crippen LogP contribution in [-0.2, 0) is 24.9 Å². The first-order valence-electron chi connectivity index (χ1n) is 15.2. The van der Waals surface area contributed by atoms with Crippen LogP contribution in [0.2, 0.25) is 0 Å². The molecule has 0 unspecified atom stereocenters. The van der Waals surface area contributed by atoms with Crippen molar-refractivity contribution >= 4 is 18.3 Å². The molecule has 3 aromatic rings. The molecule has 1 amide bonds. The second kappa shape index (κ2) is 15.8. The molecule has 8 heteroatoms. The van der Waals surface area contributed by atoms with Crippen LogP contribution in [0.15, 0.2) is 60.7 Å². The minimum absolute atomic E-state index is 0. The molecule has 0 bridgehead atoms. The fraction of sp³-hybridized carbons (Fsp3) is 0.457. The van der Waals surface area contributed by atoms with E-state index in [1.165, 1.54) is 23.3 Å². The van der Waals surface area contributed by atoms with Crippen LogP contribution in [0.1, 0.15) is 77.7 Å². The highest BCUT2D eigenvalue weighted by Gasteiger charge is 2.44. The Balaban J connectivity index is 0.00000506. The van der Waals surface area contributed by atoms with Crippen LogP contribution >= 0.6 is 12.4 Å². The smallest absolute Gasteiger partial charge is 0.251 e. The molecule has 1 fully saturated rings. The van der Waals surface area contributed by atoms with Crippen molar-refractivity contribution in [2.75, 3.05) is 20.1 Å². The van der Waals surface area contributed by atoms with Crippen molar-refractivity contribution in [3.8, 4) is 0 Å². The Bertz CT molecular complexity index is 1340. The van der Waals surface area contributed by atoms with Gasteiger partial charge in [0.1, 0.15) is 11.6 Å². The van der Waals surface area contributed by atoms with E-state index in [2.05, 4.69) is 66.8 Å². The number of hydrogen-bond acceptors (Lipinski definition) is 4. The number of aliphatic hydroxyl groups excluding tert-OH is 1. The summed E-state index contributed by atoms with van der Waals surface area (Å²) < 4.78 is 28.1. The van der Waals surface area contributed by atoms with Gasteiger partial charge in [-0.3, -0.25) is 4.79 Å². The summed E-state index contributed by atoms with van der Waals surface area (Å²) in [5, 5.41) is 17.9. The highest BCUT2D eigenvalue weighted by atomic mass is 35.5. The number of nitrogens with one attached hydrogen (secondary N) is 2. The highest BCUT2D eigenvalue weighted by Crippen LogP contribution is 2.45. The summed E-state index contributed by atoms with van der Waals surface area (Å²) in [5.41, 5.74) is 5.12. The zero-order valence-corrected chi connectivity index (χ0v) is 26.6. The average molecular weight is 614 g/mol. The fourth-order valence-corrected chi connectivity index (χ4v) is 5.64. The molecule has 0 spiro atoms. The Kier molecular flexibility index (Phi) is 12.7. The lowest BCUT2D eigenvalue weighted by Crippen LogP contribution is -2.50. The second-order valence-electron chi connectivity index (χ2n) is 11.9. The molecule has 0 heterocycles. The van der Waals surface area contributed by atoms with E-state index in [0.717, 1.165) is 62.4 Å². The van der Waals surface area contributed by atoms with Crippen LogP contribution in [0.4, 0.5) is 8.78 Å². The first-order chi connectivity index (χ1) is 20.1. The van der Waals surface area contributed by atoms with Crippen LogP contribution in [0.25, 0.3) is 0 Å². The molecule has 0 saturated heterocycles. The number of nitrogens with zero attached hydrogens (tertiary/aromatic N) is 1. The molecule has 0 aromatic heterocycles. The van der Waals surface area contributed by atoms with E-state index in [1.54, 1.807) is 0 Å². The summed E-state index contributed by atoms with van der Waals surface area (Å²) in [6.07, 6.45) is 4.17. The fourth-order valence-electron chi connectivity index (χ4n) is 5.64. The maximum absolute atomic E-state index is 14.0. The summed E-state index contributed by atoms with van der Waals surface area (Å²) in [5.74, 6) is -1.70. The zero-order valence-electron chi connectivity index (χ0n) is 25.8. The maximum atomic E-state index is 14.0. The number of carbonyl (C=O) groups is 1. The third kappa shape index (κ3) is 9.83. The van der Waals surface area contributed by atoms with Gasteiger partial charge in [-0.25, -0.2) is 8.78 Å². The van der Waals surface area contributed by atoms with Crippen LogP contribution in [0.3, 0.4) is 0 Å². The predicted molar refractivity (Wildman–Crippen MR) is 172 cm³/mol. The van der Waals surface area contributed by atoms with E-state index in [1.807, 2.05) is 19.1 Å². The Morgan fingerprint density at radius 1 is 1.00 bits per heavy atom. The normalized spacial score (nSPS) is 15.1. The monoisotopic (exact) mass is 613 g/mol. The number of hydrogen-bond donors (Lipinski definition) is 3. The average Bonchev–Trinajstić information content (AvgIpc) is 3.75. The molecule has 3 aromatic carbocycles. The summed E-state index contributed by atoms with van der Waals surface area (Å²) >= 11 is 0. The lowest BCUT2D eigenvalue weighted by Gasteiger charge is -2.28. The Labute approximate surface area is 261 Å². The van der Waals surface area contributed by atoms with Crippen LogP contribution < -0.4 is 10.6 Å². The minimum atomic E-state index is -0.989.